The van der Waals surface area contributed by atoms with Crippen molar-refractivity contribution in [2.24, 2.45) is 5.92 Å². The molecule has 42 heavy (non-hydrogen) atoms. The van der Waals surface area contributed by atoms with Gasteiger partial charge in [0, 0.05) is 31.7 Å². The number of ether oxygens (including phenoxy) is 3. The first-order chi connectivity index (χ1) is 20.3. The average molecular weight is 595 g/mol. The lowest BCUT2D eigenvalue weighted by molar-refractivity contribution is -0.122. The van der Waals surface area contributed by atoms with Crippen LogP contribution in [0.2, 0.25) is 0 Å². The third kappa shape index (κ3) is 6.29. The maximum absolute atomic E-state index is 13.8. The zero-order chi connectivity index (χ0) is 29.7. The lowest BCUT2D eigenvalue weighted by atomic mass is 10.1. The second kappa shape index (κ2) is 12.7. The van der Waals surface area contributed by atoms with Gasteiger partial charge >= 0.3 is 0 Å². The van der Waals surface area contributed by atoms with Crippen molar-refractivity contribution in [1.82, 2.24) is 0 Å². The molecule has 0 bridgehead atoms. The number of amides is 2. The molecule has 5 rings (SSSR count). The van der Waals surface area contributed by atoms with Crippen LogP contribution in [0.5, 0.6) is 11.5 Å². The number of carbonyl (C=O) groups is 2. The van der Waals surface area contributed by atoms with Crippen molar-refractivity contribution in [3.63, 3.8) is 0 Å². The predicted molar refractivity (Wildman–Crippen MR) is 160 cm³/mol. The van der Waals surface area contributed by atoms with Crippen molar-refractivity contribution < 1.29 is 32.2 Å². The fraction of sp³-hybridized carbons (Fsp3) is 0.333. The van der Waals surface area contributed by atoms with Crippen LogP contribution in [-0.4, -0.2) is 66.8 Å². The molecule has 0 unspecified atom stereocenters. The first-order valence-corrected chi connectivity index (χ1v) is 15.2. The van der Waals surface area contributed by atoms with Gasteiger partial charge in [-0.1, -0.05) is 24.3 Å². The number of sulfonamides is 1. The molecule has 0 aromatic heterocycles. The number of rotatable bonds is 10. The molecule has 2 N–H and O–H groups in total. The molecule has 222 valence electrons. The molecule has 1 atom stereocenters. The van der Waals surface area contributed by atoms with E-state index in [1.54, 1.807) is 53.4 Å². The van der Waals surface area contributed by atoms with Gasteiger partial charge in [-0.15, -0.1) is 0 Å². The summed E-state index contributed by atoms with van der Waals surface area (Å²) in [7, 11) is -2.64. The number of carbonyl (C=O) groups excluding carboxylic acids is 2. The smallest absolute Gasteiger partial charge is 0.264 e. The highest BCUT2D eigenvalue weighted by Gasteiger charge is 2.36. The van der Waals surface area contributed by atoms with E-state index in [4.69, 9.17) is 14.2 Å². The molecule has 12 heteroatoms. The van der Waals surface area contributed by atoms with E-state index in [1.807, 2.05) is 24.0 Å². The molecule has 2 aliphatic heterocycles. The lowest BCUT2D eigenvalue weighted by Gasteiger charge is -2.30. The molecule has 0 radical (unpaired) electrons. The van der Waals surface area contributed by atoms with Crippen LogP contribution in [0.1, 0.15) is 13.3 Å². The van der Waals surface area contributed by atoms with Crippen molar-refractivity contribution in [2.45, 2.75) is 18.2 Å². The summed E-state index contributed by atoms with van der Waals surface area (Å²) in [5.41, 5.74) is 1.70. The molecule has 2 heterocycles. The fourth-order valence-corrected chi connectivity index (χ4v) is 6.44. The predicted octanol–water partition coefficient (Wildman–Crippen LogP) is 3.72. The van der Waals surface area contributed by atoms with Gasteiger partial charge in [-0.25, -0.2) is 8.42 Å². The van der Waals surface area contributed by atoms with E-state index in [2.05, 4.69) is 10.0 Å². The average Bonchev–Trinajstić information content (AvgIpc) is 3.39. The first-order valence-electron chi connectivity index (χ1n) is 13.8. The van der Waals surface area contributed by atoms with Gasteiger partial charge in [0.15, 0.2) is 0 Å². The number of nitrogens with zero attached hydrogens (tertiary/aromatic N) is 2. The molecule has 0 aliphatic carbocycles. The van der Waals surface area contributed by atoms with Crippen LogP contribution >= 0.6 is 0 Å². The zero-order valence-corrected chi connectivity index (χ0v) is 24.4. The van der Waals surface area contributed by atoms with E-state index in [9.17, 15) is 18.0 Å². The first kappa shape index (κ1) is 29.2. The Morgan fingerprint density at radius 2 is 1.71 bits per heavy atom. The Labute approximate surface area is 245 Å². The number of hydrogen-bond donors (Lipinski definition) is 2. The number of methoxy groups -OCH3 is 1. The van der Waals surface area contributed by atoms with Crippen LogP contribution < -0.4 is 29.3 Å². The van der Waals surface area contributed by atoms with Gasteiger partial charge in [0.1, 0.15) is 16.4 Å². The van der Waals surface area contributed by atoms with Crippen molar-refractivity contribution in [3.8, 4) is 11.5 Å². The Bertz CT molecular complexity index is 1560. The zero-order valence-electron chi connectivity index (χ0n) is 23.5. The Balaban J connectivity index is 1.40. The van der Waals surface area contributed by atoms with Crippen LogP contribution in [-0.2, 0) is 24.3 Å². The third-order valence-electron chi connectivity index (χ3n) is 7.17. The second-order valence-electron chi connectivity index (χ2n) is 9.88. The topological polar surface area (TPSA) is 127 Å². The van der Waals surface area contributed by atoms with Crippen LogP contribution in [0, 0.1) is 5.92 Å². The molecule has 11 nitrogen and oxygen atoms in total. The standard InChI is InChI=1S/C30H34N4O7S/c1-3-41-27-11-7-5-9-24(27)34-20-21(18-29(34)35)30(36)31-22-12-13-25(33-14-16-40-17-15-33)28(19-22)42(37,38)32-23-8-4-6-10-26(23)39-2/h4-13,19,21,32H,3,14-18,20H2,1-2H3,(H,31,36)/t21-/m0/s1. The number of hydrogen-bond acceptors (Lipinski definition) is 8. The van der Waals surface area contributed by atoms with Gasteiger partial charge in [0.05, 0.1) is 49.9 Å². The summed E-state index contributed by atoms with van der Waals surface area (Å²) in [4.78, 5) is 29.7. The number of anilines is 4. The molecule has 2 aliphatic rings. The van der Waals surface area contributed by atoms with Gasteiger partial charge in [-0.05, 0) is 49.4 Å². The SMILES string of the molecule is CCOc1ccccc1N1C[C@@H](C(=O)Nc2ccc(N3CCOCC3)c(S(=O)(=O)Nc3ccccc3OC)c2)CC1=O. The maximum Gasteiger partial charge on any atom is 0.264 e. The summed E-state index contributed by atoms with van der Waals surface area (Å²) in [6, 6.07) is 18.7. The number of benzene rings is 3. The Morgan fingerprint density at radius 3 is 2.45 bits per heavy atom. The Hall–Kier alpha value is -4.29. The second-order valence-corrected chi connectivity index (χ2v) is 11.5. The van der Waals surface area contributed by atoms with Crippen molar-refractivity contribution >= 4 is 44.6 Å². The highest BCUT2D eigenvalue weighted by atomic mass is 32.2. The highest BCUT2D eigenvalue weighted by molar-refractivity contribution is 7.93. The summed E-state index contributed by atoms with van der Waals surface area (Å²) in [6.07, 6.45) is 0.0265. The molecular weight excluding hydrogens is 560 g/mol. The minimum absolute atomic E-state index is 0.00266. The van der Waals surface area contributed by atoms with Gasteiger partial charge in [-0.3, -0.25) is 14.3 Å². The summed E-state index contributed by atoms with van der Waals surface area (Å²) in [5, 5.41) is 2.84. The molecule has 0 saturated carbocycles. The molecule has 3 aromatic carbocycles. The summed E-state index contributed by atoms with van der Waals surface area (Å²) in [5.74, 6) is -0.239. The van der Waals surface area contributed by atoms with E-state index in [-0.39, 0.29) is 29.7 Å². The fourth-order valence-electron chi connectivity index (χ4n) is 5.12. The molecule has 2 amide bonds. The Morgan fingerprint density at radius 1 is 1.00 bits per heavy atom. The molecule has 3 aromatic rings. The molecule has 2 saturated heterocycles. The largest absolute Gasteiger partial charge is 0.495 e. The normalized spacial score (nSPS) is 17.2. The quantitative estimate of drug-likeness (QED) is 0.364. The van der Waals surface area contributed by atoms with Gasteiger partial charge in [0.25, 0.3) is 10.0 Å². The molecule has 0 spiro atoms. The molecular formula is C30H34N4O7S. The van der Waals surface area contributed by atoms with Crippen molar-refractivity contribution in [2.75, 3.05) is 66.4 Å². The van der Waals surface area contributed by atoms with E-state index in [0.717, 1.165) is 0 Å². The Kier molecular flexibility index (Phi) is 8.83. The number of morpholine rings is 1. The van der Waals surface area contributed by atoms with E-state index < -0.39 is 15.9 Å². The van der Waals surface area contributed by atoms with Gasteiger partial charge in [0.2, 0.25) is 11.8 Å². The van der Waals surface area contributed by atoms with E-state index in [1.165, 1.54) is 13.2 Å². The minimum Gasteiger partial charge on any atom is -0.495 e. The number of para-hydroxylation sites is 4. The van der Waals surface area contributed by atoms with Crippen LogP contribution in [0.15, 0.2) is 71.6 Å². The molecule has 2 fully saturated rings. The van der Waals surface area contributed by atoms with Crippen molar-refractivity contribution in [1.29, 1.82) is 0 Å². The third-order valence-corrected chi connectivity index (χ3v) is 8.57. The van der Waals surface area contributed by atoms with Gasteiger partial charge < -0.3 is 29.3 Å². The highest BCUT2D eigenvalue weighted by Crippen LogP contribution is 2.35. The monoisotopic (exact) mass is 594 g/mol. The van der Waals surface area contributed by atoms with Gasteiger partial charge in [-0.2, -0.15) is 0 Å². The summed E-state index contributed by atoms with van der Waals surface area (Å²) >= 11 is 0. The van der Waals surface area contributed by atoms with E-state index in [0.29, 0.717) is 67.2 Å². The minimum atomic E-state index is -4.11. The van der Waals surface area contributed by atoms with Crippen molar-refractivity contribution in [3.05, 3.63) is 66.7 Å². The van der Waals surface area contributed by atoms with Crippen LogP contribution in [0.4, 0.5) is 22.7 Å². The summed E-state index contributed by atoms with van der Waals surface area (Å²) in [6.45, 7) is 4.47. The van der Waals surface area contributed by atoms with Crippen LogP contribution in [0.25, 0.3) is 0 Å². The number of nitrogens with one attached hydrogen (secondary N) is 2. The van der Waals surface area contributed by atoms with Crippen LogP contribution in [0.3, 0.4) is 0 Å². The summed E-state index contributed by atoms with van der Waals surface area (Å²) < 4.78 is 46.6. The lowest BCUT2D eigenvalue weighted by Crippen LogP contribution is -2.37. The van der Waals surface area contributed by atoms with E-state index >= 15 is 0 Å². The maximum atomic E-state index is 13.8.